The summed E-state index contributed by atoms with van der Waals surface area (Å²) < 4.78 is 52.5. The van der Waals surface area contributed by atoms with Gasteiger partial charge in [-0.25, -0.2) is 4.98 Å². The highest BCUT2D eigenvalue weighted by Gasteiger charge is 2.30. The van der Waals surface area contributed by atoms with Crippen molar-refractivity contribution < 1.29 is 22.6 Å². The molecule has 0 radical (unpaired) electrons. The monoisotopic (exact) mass is 563 g/mol. The van der Waals surface area contributed by atoms with Crippen LogP contribution in [0.1, 0.15) is 82.3 Å². The van der Waals surface area contributed by atoms with E-state index in [0.717, 1.165) is 30.7 Å². The van der Waals surface area contributed by atoms with Crippen LogP contribution in [-0.4, -0.2) is 29.5 Å². The molecule has 0 saturated carbocycles. The summed E-state index contributed by atoms with van der Waals surface area (Å²) in [7, 11) is 3.07. The van der Waals surface area contributed by atoms with Gasteiger partial charge >= 0.3 is 6.18 Å². The number of unbranched alkanes of at least 4 members (excludes halogenated alkanes) is 9. The number of nitrogens with zero attached hydrogens (tertiary/aromatic N) is 2. The second-order valence-corrected chi connectivity index (χ2v) is 10.8. The summed E-state index contributed by atoms with van der Waals surface area (Å²) >= 11 is 1.54. The number of alkyl halides is 3. The van der Waals surface area contributed by atoms with Gasteiger partial charge in [-0.05, 0) is 30.2 Å². The van der Waals surface area contributed by atoms with Gasteiger partial charge in [0.2, 0.25) is 0 Å². The van der Waals surface area contributed by atoms with E-state index >= 15 is 0 Å². The second-order valence-electron chi connectivity index (χ2n) is 9.78. The number of halogens is 3. The number of aromatic nitrogens is 2. The fraction of sp³-hybridized carbons (Fsp3) is 0.533. The van der Waals surface area contributed by atoms with Crippen molar-refractivity contribution in [2.45, 2.75) is 89.0 Å². The van der Waals surface area contributed by atoms with Crippen molar-refractivity contribution in [3.8, 4) is 11.5 Å². The summed E-state index contributed by atoms with van der Waals surface area (Å²) in [6, 6.07) is 8.70. The van der Waals surface area contributed by atoms with Crippen molar-refractivity contribution in [1.82, 2.24) is 9.55 Å². The van der Waals surface area contributed by atoms with E-state index in [0.29, 0.717) is 33.1 Å². The molecule has 1 heterocycles. The number of benzene rings is 2. The number of hydrogen-bond donors (Lipinski definition) is 1. The van der Waals surface area contributed by atoms with Crippen LogP contribution in [-0.2, 0) is 12.7 Å². The molecule has 2 aromatic carbocycles. The maximum Gasteiger partial charge on any atom is 0.416 e. The molecular weight excluding hydrogens is 523 g/mol. The number of methoxy groups -OCH3 is 2. The lowest BCUT2D eigenvalue weighted by molar-refractivity contribution is -0.137. The van der Waals surface area contributed by atoms with Gasteiger partial charge in [0.1, 0.15) is 5.49 Å². The first-order valence-electron chi connectivity index (χ1n) is 13.8. The molecule has 5 nitrogen and oxygen atoms in total. The Hall–Kier alpha value is -2.68. The molecule has 0 fully saturated rings. The molecule has 1 aromatic heterocycles. The summed E-state index contributed by atoms with van der Waals surface area (Å²) in [5.41, 5.74) is 0.519. The Morgan fingerprint density at radius 3 is 2.10 bits per heavy atom. The van der Waals surface area contributed by atoms with E-state index in [2.05, 4.69) is 6.92 Å². The van der Waals surface area contributed by atoms with Gasteiger partial charge in [-0.15, -0.1) is 0 Å². The van der Waals surface area contributed by atoms with E-state index in [1.54, 1.807) is 41.6 Å². The average molecular weight is 564 g/mol. The van der Waals surface area contributed by atoms with Crippen molar-refractivity contribution >= 4 is 22.7 Å². The molecule has 0 bridgehead atoms. The molecule has 3 rings (SSSR count). The Bertz CT molecular complexity index is 1260. The summed E-state index contributed by atoms with van der Waals surface area (Å²) in [4.78, 5) is 4.82. The van der Waals surface area contributed by atoms with Crippen LogP contribution in [0.5, 0.6) is 11.5 Å². The molecule has 0 spiro atoms. The largest absolute Gasteiger partial charge is 0.493 e. The molecule has 0 amide bonds. The Morgan fingerprint density at radius 2 is 1.49 bits per heavy atom. The first-order valence-corrected chi connectivity index (χ1v) is 14.8. The minimum absolute atomic E-state index is 0.112. The zero-order valence-corrected chi connectivity index (χ0v) is 24.0. The number of ether oxygens (including phenoxy) is 2. The van der Waals surface area contributed by atoms with Gasteiger partial charge in [0, 0.05) is 17.2 Å². The standard InChI is InChI=1S/C30H40F3N3O2S/c1-4-5-6-7-8-9-10-11-12-13-17-39-29-35-25-20-27(38-3)26(37-2)19-24(25)28(34)36(29)21-22-15-14-16-23(18-22)30(31,32)33/h14-16,18-20,34H,4-13,17,21H2,1-3H3. The van der Waals surface area contributed by atoms with Crippen molar-refractivity contribution in [1.29, 1.82) is 5.41 Å². The van der Waals surface area contributed by atoms with E-state index in [-0.39, 0.29) is 12.0 Å². The Labute approximate surface area is 233 Å². The van der Waals surface area contributed by atoms with Gasteiger partial charge in [-0.3, -0.25) is 5.41 Å². The third-order valence-corrected chi connectivity index (χ3v) is 7.86. The molecule has 0 aliphatic rings. The molecule has 0 unspecified atom stereocenters. The number of nitrogens with one attached hydrogen (secondary N) is 1. The zero-order chi connectivity index (χ0) is 28.3. The lowest BCUT2D eigenvalue weighted by Crippen LogP contribution is -2.24. The average Bonchev–Trinajstić information content (AvgIpc) is 2.92. The van der Waals surface area contributed by atoms with Crippen LogP contribution in [0.3, 0.4) is 0 Å². The first kappa shape index (κ1) is 30.9. The van der Waals surface area contributed by atoms with Crippen molar-refractivity contribution in [2.75, 3.05) is 20.0 Å². The van der Waals surface area contributed by atoms with Crippen molar-refractivity contribution in [2.24, 2.45) is 0 Å². The molecule has 3 aromatic rings. The quantitative estimate of drug-likeness (QED) is 0.108. The van der Waals surface area contributed by atoms with Crippen LogP contribution >= 0.6 is 11.8 Å². The minimum Gasteiger partial charge on any atom is -0.493 e. The van der Waals surface area contributed by atoms with Gasteiger partial charge in [0.05, 0.1) is 31.8 Å². The van der Waals surface area contributed by atoms with Gasteiger partial charge < -0.3 is 14.0 Å². The summed E-state index contributed by atoms with van der Waals surface area (Å²) in [5.74, 6) is 1.81. The van der Waals surface area contributed by atoms with Crippen LogP contribution in [0.4, 0.5) is 13.2 Å². The molecular formula is C30H40F3N3O2S. The topological polar surface area (TPSA) is 60.1 Å². The predicted octanol–water partition coefficient (Wildman–Crippen LogP) is 8.61. The lowest BCUT2D eigenvalue weighted by Gasteiger charge is -2.17. The van der Waals surface area contributed by atoms with Crippen LogP contribution < -0.4 is 15.0 Å². The Morgan fingerprint density at radius 1 is 0.872 bits per heavy atom. The fourth-order valence-corrected chi connectivity index (χ4v) is 5.60. The molecule has 0 aliphatic carbocycles. The molecule has 0 atom stereocenters. The second kappa shape index (κ2) is 15.2. The SMILES string of the molecule is CCCCCCCCCCCCSc1nc2cc(OC)c(OC)cc2c(=N)n1Cc1cccc(C(F)(F)F)c1. The number of fused-ring (bicyclic) bond motifs is 1. The van der Waals surface area contributed by atoms with Crippen LogP contribution in [0, 0.1) is 5.41 Å². The summed E-state index contributed by atoms with van der Waals surface area (Å²) in [5, 5.41) is 10.1. The molecule has 9 heteroatoms. The third-order valence-electron chi connectivity index (χ3n) is 6.80. The van der Waals surface area contributed by atoms with Crippen LogP contribution in [0.15, 0.2) is 41.6 Å². The van der Waals surface area contributed by atoms with Gasteiger partial charge in [0.25, 0.3) is 0 Å². The summed E-state index contributed by atoms with van der Waals surface area (Å²) in [6.07, 6.45) is 8.02. The fourth-order valence-electron chi connectivity index (χ4n) is 4.59. The number of hydrogen-bond acceptors (Lipinski definition) is 5. The minimum atomic E-state index is -4.43. The maximum atomic E-state index is 13.3. The van der Waals surface area contributed by atoms with Crippen molar-refractivity contribution in [3.63, 3.8) is 0 Å². The van der Waals surface area contributed by atoms with E-state index in [9.17, 15) is 13.2 Å². The lowest BCUT2D eigenvalue weighted by atomic mass is 10.1. The normalized spacial score (nSPS) is 11.7. The number of rotatable bonds is 16. The molecule has 0 saturated heterocycles. The third kappa shape index (κ3) is 8.92. The highest BCUT2D eigenvalue weighted by Crippen LogP contribution is 2.32. The molecule has 39 heavy (non-hydrogen) atoms. The molecule has 214 valence electrons. The Kier molecular flexibility index (Phi) is 12.0. The summed E-state index contributed by atoms with van der Waals surface area (Å²) in [6.45, 7) is 2.34. The van der Waals surface area contributed by atoms with Gasteiger partial charge in [-0.2, -0.15) is 13.2 Å². The van der Waals surface area contributed by atoms with E-state index in [4.69, 9.17) is 19.9 Å². The predicted molar refractivity (Wildman–Crippen MR) is 152 cm³/mol. The first-order chi connectivity index (χ1) is 18.8. The highest BCUT2D eigenvalue weighted by atomic mass is 32.2. The zero-order valence-electron chi connectivity index (χ0n) is 23.2. The molecule has 0 aliphatic heterocycles. The maximum absolute atomic E-state index is 13.3. The number of thioether (sulfide) groups is 1. The van der Waals surface area contributed by atoms with Crippen molar-refractivity contribution in [3.05, 3.63) is 53.0 Å². The van der Waals surface area contributed by atoms with Gasteiger partial charge in [0.15, 0.2) is 16.7 Å². The highest BCUT2D eigenvalue weighted by molar-refractivity contribution is 7.99. The van der Waals surface area contributed by atoms with E-state index in [1.807, 2.05) is 0 Å². The van der Waals surface area contributed by atoms with E-state index < -0.39 is 11.7 Å². The van der Waals surface area contributed by atoms with E-state index in [1.165, 1.54) is 64.5 Å². The van der Waals surface area contributed by atoms with Crippen LogP contribution in [0.2, 0.25) is 0 Å². The molecule has 1 N–H and O–H groups in total. The van der Waals surface area contributed by atoms with Crippen LogP contribution in [0.25, 0.3) is 10.9 Å². The smallest absolute Gasteiger partial charge is 0.416 e. The van der Waals surface area contributed by atoms with Gasteiger partial charge in [-0.1, -0.05) is 88.6 Å². The Balaban J connectivity index is 1.77.